The molecule has 1 aliphatic rings. The van der Waals surface area contributed by atoms with Crippen LogP contribution >= 0.6 is 11.3 Å². The molecular formula is C14H17N5OS. The lowest BCUT2D eigenvalue weighted by atomic mass is 10.1. The van der Waals surface area contributed by atoms with Gasteiger partial charge in [-0.05, 0) is 18.2 Å². The fourth-order valence-electron chi connectivity index (χ4n) is 2.51. The lowest BCUT2D eigenvalue weighted by Crippen LogP contribution is -2.46. The Labute approximate surface area is 127 Å². The van der Waals surface area contributed by atoms with Crippen LogP contribution in [0.25, 0.3) is 0 Å². The van der Waals surface area contributed by atoms with Gasteiger partial charge in [-0.25, -0.2) is 4.98 Å². The molecule has 0 unspecified atom stereocenters. The van der Waals surface area contributed by atoms with E-state index in [1.807, 2.05) is 17.6 Å². The van der Waals surface area contributed by atoms with Crippen LogP contribution < -0.4 is 21.3 Å². The first kappa shape index (κ1) is 13.7. The lowest BCUT2D eigenvalue weighted by molar-refractivity contribution is 0.100. The van der Waals surface area contributed by atoms with Crippen LogP contribution in [0.3, 0.4) is 0 Å². The molecule has 7 heteroatoms. The minimum atomic E-state index is -0.457. The molecule has 1 fully saturated rings. The van der Waals surface area contributed by atoms with Crippen molar-refractivity contribution in [2.24, 2.45) is 5.73 Å². The van der Waals surface area contributed by atoms with E-state index in [0.29, 0.717) is 11.3 Å². The van der Waals surface area contributed by atoms with Crippen molar-refractivity contribution in [2.75, 3.05) is 41.7 Å². The molecule has 0 atom stereocenters. The second-order valence-corrected chi connectivity index (χ2v) is 5.80. The van der Waals surface area contributed by atoms with Crippen LogP contribution in [0.4, 0.5) is 16.5 Å². The number of carbonyl (C=O) groups is 1. The largest absolute Gasteiger partial charge is 0.397 e. The maximum atomic E-state index is 11.2. The van der Waals surface area contributed by atoms with Gasteiger partial charge in [0.1, 0.15) is 0 Å². The zero-order chi connectivity index (χ0) is 14.8. The average molecular weight is 303 g/mol. The summed E-state index contributed by atoms with van der Waals surface area (Å²) in [6, 6.07) is 5.24. The van der Waals surface area contributed by atoms with E-state index in [9.17, 15) is 4.79 Å². The fraction of sp³-hybridized carbons (Fsp3) is 0.286. The van der Waals surface area contributed by atoms with Crippen molar-refractivity contribution >= 4 is 33.8 Å². The van der Waals surface area contributed by atoms with Crippen LogP contribution in [0, 0.1) is 0 Å². The van der Waals surface area contributed by atoms with Crippen LogP contribution in [0.2, 0.25) is 0 Å². The number of hydrogen-bond donors (Lipinski definition) is 2. The van der Waals surface area contributed by atoms with E-state index in [1.54, 1.807) is 23.5 Å². The molecular weight excluding hydrogens is 286 g/mol. The molecule has 6 nitrogen and oxygen atoms in total. The maximum absolute atomic E-state index is 11.2. The number of hydrogen-bond acceptors (Lipinski definition) is 6. The zero-order valence-corrected chi connectivity index (χ0v) is 12.3. The second kappa shape index (κ2) is 5.61. The number of rotatable bonds is 3. The molecule has 4 N–H and O–H groups in total. The highest BCUT2D eigenvalue weighted by Crippen LogP contribution is 2.27. The Morgan fingerprint density at radius 3 is 2.48 bits per heavy atom. The van der Waals surface area contributed by atoms with Gasteiger partial charge >= 0.3 is 0 Å². The first-order valence-electron chi connectivity index (χ1n) is 6.74. The summed E-state index contributed by atoms with van der Waals surface area (Å²) in [5, 5.41) is 3.05. The molecule has 2 heterocycles. The van der Waals surface area contributed by atoms with Gasteiger partial charge in [-0.3, -0.25) is 4.79 Å². The summed E-state index contributed by atoms with van der Waals surface area (Å²) in [4.78, 5) is 20.0. The minimum absolute atomic E-state index is 0.442. The molecule has 1 saturated heterocycles. The first-order chi connectivity index (χ1) is 10.1. The summed E-state index contributed by atoms with van der Waals surface area (Å²) in [6.45, 7) is 3.56. The minimum Gasteiger partial charge on any atom is -0.397 e. The number of anilines is 3. The van der Waals surface area contributed by atoms with Crippen molar-refractivity contribution in [3.05, 3.63) is 35.3 Å². The smallest absolute Gasteiger partial charge is 0.248 e. The Balaban J connectivity index is 1.71. The van der Waals surface area contributed by atoms with E-state index in [0.717, 1.165) is 37.0 Å². The number of aromatic nitrogens is 1. The summed E-state index contributed by atoms with van der Waals surface area (Å²) in [5.74, 6) is -0.457. The van der Waals surface area contributed by atoms with Gasteiger partial charge in [0, 0.05) is 43.3 Å². The van der Waals surface area contributed by atoms with Crippen LogP contribution in [0.15, 0.2) is 29.8 Å². The zero-order valence-electron chi connectivity index (χ0n) is 11.5. The number of carbonyl (C=O) groups excluding carboxylic acids is 1. The van der Waals surface area contributed by atoms with Gasteiger partial charge in [-0.2, -0.15) is 0 Å². The molecule has 0 spiro atoms. The van der Waals surface area contributed by atoms with Gasteiger partial charge in [0.15, 0.2) is 5.13 Å². The van der Waals surface area contributed by atoms with Crippen molar-refractivity contribution < 1.29 is 4.79 Å². The van der Waals surface area contributed by atoms with E-state index in [2.05, 4.69) is 14.8 Å². The SMILES string of the molecule is NC(=O)c1ccc(N2CCN(c3nccs3)CC2)c(N)c1. The normalized spacial score (nSPS) is 15.2. The Morgan fingerprint density at radius 2 is 1.90 bits per heavy atom. The van der Waals surface area contributed by atoms with E-state index in [4.69, 9.17) is 11.5 Å². The Morgan fingerprint density at radius 1 is 1.19 bits per heavy atom. The van der Waals surface area contributed by atoms with E-state index in [-0.39, 0.29) is 0 Å². The molecule has 0 radical (unpaired) electrons. The third kappa shape index (κ3) is 2.78. The van der Waals surface area contributed by atoms with Gasteiger partial charge in [0.2, 0.25) is 5.91 Å². The van der Waals surface area contributed by atoms with E-state index in [1.165, 1.54) is 0 Å². The summed E-state index contributed by atoms with van der Waals surface area (Å²) >= 11 is 1.66. The molecule has 3 rings (SSSR count). The highest BCUT2D eigenvalue weighted by atomic mass is 32.1. The lowest BCUT2D eigenvalue weighted by Gasteiger charge is -2.36. The molecule has 1 aromatic heterocycles. The van der Waals surface area contributed by atoms with Crippen LogP contribution in [-0.2, 0) is 0 Å². The van der Waals surface area contributed by atoms with Crippen molar-refractivity contribution in [1.82, 2.24) is 4.98 Å². The number of primary amides is 1. The van der Waals surface area contributed by atoms with Crippen LogP contribution in [-0.4, -0.2) is 37.1 Å². The molecule has 0 saturated carbocycles. The van der Waals surface area contributed by atoms with Gasteiger partial charge in [-0.1, -0.05) is 0 Å². The van der Waals surface area contributed by atoms with Gasteiger partial charge in [0.25, 0.3) is 0 Å². The summed E-state index contributed by atoms with van der Waals surface area (Å²) in [5.41, 5.74) is 13.3. The molecule has 2 aromatic rings. The number of thiazole rings is 1. The quantitative estimate of drug-likeness (QED) is 0.830. The molecule has 21 heavy (non-hydrogen) atoms. The summed E-state index contributed by atoms with van der Waals surface area (Å²) in [6.07, 6.45) is 1.83. The number of nitrogens with two attached hydrogens (primary N) is 2. The molecule has 1 aliphatic heterocycles. The molecule has 0 aliphatic carbocycles. The van der Waals surface area contributed by atoms with E-state index >= 15 is 0 Å². The number of nitrogens with zero attached hydrogens (tertiary/aromatic N) is 3. The Hall–Kier alpha value is -2.28. The third-order valence-corrected chi connectivity index (χ3v) is 4.45. The number of benzene rings is 1. The molecule has 1 aromatic carbocycles. The predicted octanol–water partition coefficient (Wildman–Crippen LogP) is 1.15. The predicted molar refractivity (Wildman–Crippen MR) is 85.9 cm³/mol. The second-order valence-electron chi connectivity index (χ2n) is 4.93. The van der Waals surface area contributed by atoms with Crippen molar-refractivity contribution in [2.45, 2.75) is 0 Å². The summed E-state index contributed by atoms with van der Waals surface area (Å²) in [7, 11) is 0. The number of amides is 1. The number of nitrogen functional groups attached to an aromatic ring is 1. The van der Waals surface area contributed by atoms with Gasteiger partial charge in [0.05, 0.1) is 11.4 Å². The Bertz CT molecular complexity index is 635. The molecule has 0 bridgehead atoms. The fourth-order valence-corrected chi connectivity index (χ4v) is 3.20. The molecule has 1 amide bonds. The average Bonchev–Trinajstić information content (AvgIpc) is 3.01. The standard InChI is InChI=1S/C14H17N5OS/c15-11-9-10(13(16)20)1-2-12(11)18-4-6-19(7-5-18)14-17-3-8-21-14/h1-3,8-9H,4-7,15H2,(H2,16,20). The van der Waals surface area contributed by atoms with Crippen LogP contribution in [0.5, 0.6) is 0 Å². The van der Waals surface area contributed by atoms with Gasteiger partial charge < -0.3 is 21.3 Å². The first-order valence-corrected chi connectivity index (χ1v) is 7.62. The van der Waals surface area contributed by atoms with Crippen molar-refractivity contribution in [3.8, 4) is 0 Å². The van der Waals surface area contributed by atoms with E-state index < -0.39 is 5.91 Å². The molecule has 110 valence electrons. The van der Waals surface area contributed by atoms with Gasteiger partial charge in [-0.15, -0.1) is 11.3 Å². The Kier molecular flexibility index (Phi) is 3.66. The topological polar surface area (TPSA) is 88.5 Å². The highest BCUT2D eigenvalue weighted by molar-refractivity contribution is 7.13. The number of piperazine rings is 1. The third-order valence-electron chi connectivity index (χ3n) is 3.62. The van der Waals surface area contributed by atoms with Crippen molar-refractivity contribution in [3.63, 3.8) is 0 Å². The van der Waals surface area contributed by atoms with Crippen molar-refractivity contribution in [1.29, 1.82) is 0 Å². The summed E-state index contributed by atoms with van der Waals surface area (Å²) < 4.78 is 0. The maximum Gasteiger partial charge on any atom is 0.248 e. The van der Waals surface area contributed by atoms with Crippen LogP contribution in [0.1, 0.15) is 10.4 Å². The highest BCUT2D eigenvalue weighted by Gasteiger charge is 2.20. The monoisotopic (exact) mass is 303 g/mol.